The van der Waals surface area contributed by atoms with Gasteiger partial charge in [-0.1, -0.05) is 0 Å². The summed E-state index contributed by atoms with van der Waals surface area (Å²) in [5.74, 6) is 0. The van der Waals surface area contributed by atoms with Gasteiger partial charge in [0.1, 0.15) is 5.60 Å². The molecule has 0 aromatic heterocycles. The predicted octanol–water partition coefficient (Wildman–Crippen LogP) is 0.722. The van der Waals surface area contributed by atoms with Gasteiger partial charge in [-0.05, 0) is 27.2 Å². The Balaban J connectivity index is 2.02. The zero-order chi connectivity index (χ0) is 11.9. The normalized spacial score (nSPS) is 34.0. The second-order valence-electron chi connectivity index (χ2n) is 5.49. The summed E-state index contributed by atoms with van der Waals surface area (Å²) in [5.41, 5.74) is 5.48. The van der Waals surface area contributed by atoms with E-state index < -0.39 is 5.60 Å². The van der Waals surface area contributed by atoms with Crippen molar-refractivity contribution >= 4 is 6.09 Å². The second-order valence-corrected chi connectivity index (χ2v) is 5.49. The number of nitrogens with two attached hydrogens (primary N) is 1. The molecule has 0 aliphatic carbocycles. The first-order valence-electron chi connectivity index (χ1n) is 5.75. The monoisotopic (exact) mass is 228 g/mol. The van der Waals surface area contributed by atoms with Gasteiger partial charge in [0.15, 0.2) is 0 Å². The average molecular weight is 228 g/mol. The number of likely N-dealkylation sites (tertiary alicyclic amines) is 1. The highest BCUT2D eigenvalue weighted by Crippen LogP contribution is 2.29. The Morgan fingerprint density at radius 2 is 2.19 bits per heavy atom. The van der Waals surface area contributed by atoms with Crippen molar-refractivity contribution < 1.29 is 14.3 Å². The van der Waals surface area contributed by atoms with Crippen LogP contribution < -0.4 is 5.73 Å². The lowest BCUT2D eigenvalue weighted by Gasteiger charge is -2.27. The third-order valence-corrected chi connectivity index (χ3v) is 2.96. The highest BCUT2D eigenvalue weighted by Gasteiger charge is 2.47. The van der Waals surface area contributed by atoms with Crippen LogP contribution in [0.5, 0.6) is 0 Å². The van der Waals surface area contributed by atoms with Gasteiger partial charge in [-0.25, -0.2) is 4.79 Å². The van der Waals surface area contributed by atoms with E-state index in [0.717, 1.165) is 6.42 Å². The first kappa shape index (κ1) is 11.7. The van der Waals surface area contributed by atoms with Crippen molar-refractivity contribution in [3.63, 3.8) is 0 Å². The number of fused-ring (bicyclic) bond motifs is 1. The molecule has 0 radical (unpaired) electrons. The van der Waals surface area contributed by atoms with Crippen LogP contribution in [-0.2, 0) is 9.47 Å². The van der Waals surface area contributed by atoms with Crippen LogP contribution in [0.4, 0.5) is 4.79 Å². The van der Waals surface area contributed by atoms with Crippen molar-refractivity contribution in [2.45, 2.75) is 51.0 Å². The maximum atomic E-state index is 11.9. The van der Waals surface area contributed by atoms with Crippen LogP contribution in [0.25, 0.3) is 0 Å². The van der Waals surface area contributed by atoms with Gasteiger partial charge in [0.2, 0.25) is 0 Å². The number of carbonyl (C=O) groups is 1. The summed E-state index contributed by atoms with van der Waals surface area (Å²) in [5, 5.41) is 0. The fourth-order valence-electron chi connectivity index (χ4n) is 2.34. The molecule has 5 nitrogen and oxygen atoms in total. The molecule has 0 spiro atoms. The molecular weight excluding hydrogens is 208 g/mol. The summed E-state index contributed by atoms with van der Waals surface area (Å²) in [7, 11) is 0. The molecule has 92 valence electrons. The van der Waals surface area contributed by atoms with E-state index in [4.69, 9.17) is 15.2 Å². The quantitative estimate of drug-likeness (QED) is 0.663. The minimum atomic E-state index is -0.460. The predicted molar refractivity (Wildman–Crippen MR) is 59.1 cm³/mol. The van der Waals surface area contributed by atoms with Crippen molar-refractivity contribution in [2.75, 3.05) is 13.2 Å². The van der Waals surface area contributed by atoms with Gasteiger partial charge in [0.25, 0.3) is 0 Å². The van der Waals surface area contributed by atoms with Crippen LogP contribution in [0.3, 0.4) is 0 Å². The number of hydrogen-bond donors (Lipinski definition) is 1. The molecule has 1 amide bonds. The van der Waals surface area contributed by atoms with Crippen LogP contribution >= 0.6 is 0 Å². The topological polar surface area (TPSA) is 64.8 Å². The van der Waals surface area contributed by atoms with Gasteiger partial charge in [0.05, 0.1) is 18.2 Å². The second kappa shape index (κ2) is 3.89. The Morgan fingerprint density at radius 3 is 2.81 bits per heavy atom. The zero-order valence-electron chi connectivity index (χ0n) is 10.1. The van der Waals surface area contributed by atoms with Crippen LogP contribution in [-0.4, -0.2) is 47.9 Å². The van der Waals surface area contributed by atoms with Crippen molar-refractivity contribution in [2.24, 2.45) is 5.73 Å². The first-order chi connectivity index (χ1) is 7.38. The Kier molecular flexibility index (Phi) is 2.84. The maximum absolute atomic E-state index is 11.9. The fraction of sp³-hybridized carbons (Fsp3) is 0.909. The number of nitrogens with zero attached hydrogens (tertiary/aromatic N) is 1. The minimum absolute atomic E-state index is 0.00693. The molecule has 0 unspecified atom stereocenters. The lowest BCUT2D eigenvalue weighted by Crippen LogP contribution is -2.41. The first-order valence-corrected chi connectivity index (χ1v) is 5.75. The molecule has 2 heterocycles. The van der Waals surface area contributed by atoms with Gasteiger partial charge in [-0.15, -0.1) is 0 Å². The molecule has 16 heavy (non-hydrogen) atoms. The Labute approximate surface area is 95.9 Å². The van der Waals surface area contributed by atoms with Crippen LogP contribution in [0.1, 0.15) is 27.2 Å². The van der Waals surface area contributed by atoms with Crippen molar-refractivity contribution in [1.29, 1.82) is 0 Å². The Morgan fingerprint density at radius 1 is 1.50 bits per heavy atom. The summed E-state index contributed by atoms with van der Waals surface area (Å²) in [6.07, 6.45) is 0.575. The highest BCUT2D eigenvalue weighted by atomic mass is 16.6. The number of ether oxygens (including phenoxy) is 2. The highest BCUT2D eigenvalue weighted by molar-refractivity contribution is 5.69. The van der Waals surface area contributed by atoms with Crippen LogP contribution in [0, 0.1) is 0 Å². The molecule has 2 rings (SSSR count). The smallest absolute Gasteiger partial charge is 0.410 e. The molecule has 2 aliphatic rings. The van der Waals surface area contributed by atoms with E-state index >= 15 is 0 Å². The zero-order valence-corrected chi connectivity index (χ0v) is 10.1. The fourth-order valence-corrected chi connectivity index (χ4v) is 2.34. The summed E-state index contributed by atoms with van der Waals surface area (Å²) < 4.78 is 10.9. The van der Waals surface area contributed by atoms with Crippen molar-refractivity contribution in [3.8, 4) is 0 Å². The number of hydrogen-bond acceptors (Lipinski definition) is 4. The lowest BCUT2D eigenvalue weighted by molar-refractivity contribution is 0.0208. The van der Waals surface area contributed by atoms with E-state index in [9.17, 15) is 4.79 Å². The largest absolute Gasteiger partial charge is 0.444 e. The molecule has 5 heteroatoms. The molecule has 0 saturated carbocycles. The van der Waals surface area contributed by atoms with Crippen molar-refractivity contribution in [3.05, 3.63) is 0 Å². The summed E-state index contributed by atoms with van der Waals surface area (Å²) >= 11 is 0. The van der Waals surface area contributed by atoms with Gasteiger partial charge < -0.3 is 20.1 Å². The van der Waals surface area contributed by atoms with Crippen LogP contribution in [0.15, 0.2) is 0 Å². The molecular formula is C11H20N2O3. The Bertz CT molecular complexity index is 287. The molecule has 2 aliphatic heterocycles. The van der Waals surface area contributed by atoms with E-state index in [1.165, 1.54) is 0 Å². The standard InChI is InChI=1S/C11H20N2O3/c1-11(2,3)16-10(14)13-6-7(12)9-8(13)4-5-15-9/h7-9H,4-6,12H2,1-3H3/t7-,8-,9+/m1/s1. The third kappa shape index (κ3) is 2.15. The van der Waals surface area contributed by atoms with E-state index in [-0.39, 0.29) is 24.3 Å². The Hall–Kier alpha value is -0.810. The van der Waals surface area contributed by atoms with Crippen LogP contribution in [0.2, 0.25) is 0 Å². The summed E-state index contributed by atoms with van der Waals surface area (Å²) in [6, 6.07) is 0.0184. The third-order valence-electron chi connectivity index (χ3n) is 2.96. The molecule has 0 aromatic rings. The minimum Gasteiger partial charge on any atom is -0.444 e. The molecule has 2 N–H and O–H groups in total. The number of carbonyl (C=O) groups excluding carboxylic acids is 1. The van der Waals surface area contributed by atoms with E-state index in [0.29, 0.717) is 13.2 Å². The molecule has 3 atom stereocenters. The average Bonchev–Trinajstić information content (AvgIpc) is 2.66. The molecule has 2 saturated heterocycles. The van der Waals surface area contributed by atoms with Gasteiger partial charge in [-0.3, -0.25) is 0 Å². The lowest BCUT2D eigenvalue weighted by atomic mass is 10.1. The van der Waals surface area contributed by atoms with E-state index in [1.807, 2.05) is 20.8 Å². The van der Waals surface area contributed by atoms with E-state index in [1.54, 1.807) is 4.90 Å². The van der Waals surface area contributed by atoms with Gasteiger partial charge in [-0.2, -0.15) is 0 Å². The summed E-state index contributed by atoms with van der Waals surface area (Å²) in [4.78, 5) is 13.7. The molecule has 0 bridgehead atoms. The maximum Gasteiger partial charge on any atom is 0.410 e. The van der Waals surface area contributed by atoms with Gasteiger partial charge >= 0.3 is 6.09 Å². The molecule has 0 aromatic carbocycles. The molecule has 2 fully saturated rings. The van der Waals surface area contributed by atoms with Gasteiger partial charge in [0, 0.05) is 13.2 Å². The van der Waals surface area contributed by atoms with E-state index in [2.05, 4.69) is 0 Å². The summed E-state index contributed by atoms with van der Waals surface area (Å²) in [6.45, 7) is 6.81. The number of rotatable bonds is 0. The SMILES string of the molecule is CC(C)(C)OC(=O)N1C[C@@H](N)[C@@H]2OCC[C@H]21. The number of amides is 1. The van der Waals surface area contributed by atoms with Crippen molar-refractivity contribution in [1.82, 2.24) is 4.90 Å².